The van der Waals surface area contributed by atoms with E-state index < -0.39 is 0 Å². The molecule has 0 radical (unpaired) electrons. The lowest BCUT2D eigenvalue weighted by atomic mass is 9.98. The molecule has 1 heterocycles. The van der Waals surface area contributed by atoms with Crippen LogP contribution in [0.3, 0.4) is 0 Å². The Morgan fingerprint density at radius 3 is 2.26 bits per heavy atom. The summed E-state index contributed by atoms with van der Waals surface area (Å²) in [5.74, 6) is -0.0377. The third kappa shape index (κ3) is 2.29. The largest absolute Gasteiger partial charge is 0.287 e. The number of rotatable bonds is 2. The quantitative estimate of drug-likeness (QED) is 0.388. The van der Waals surface area contributed by atoms with Crippen LogP contribution < -0.4 is 0 Å². The van der Waals surface area contributed by atoms with E-state index in [0.717, 1.165) is 21.7 Å². The fourth-order valence-corrected chi connectivity index (χ4v) is 2.97. The van der Waals surface area contributed by atoms with Gasteiger partial charge in [-0.2, -0.15) is 0 Å². The van der Waals surface area contributed by atoms with Crippen molar-refractivity contribution in [3.8, 4) is 0 Å². The smallest absolute Gasteiger partial charge is 0.212 e. The van der Waals surface area contributed by atoms with E-state index in [1.165, 1.54) is 5.56 Å². The number of aryl methyl sites for hydroxylation is 1. The maximum absolute atomic E-state index is 12.9. The van der Waals surface area contributed by atoms with E-state index in [1.54, 1.807) is 0 Å². The van der Waals surface area contributed by atoms with Crippen molar-refractivity contribution in [2.45, 2.75) is 6.92 Å². The van der Waals surface area contributed by atoms with Crippen LogP contribution in [0.5, 0.6) is 0 Å². The van der Waals surface area contributed by atoms with Gasteiger partial charge in [-0.1, -0.05) is 66.2 Å². The van der Waals surface area contributed by atoms with Crippen molar-refractivity contribution in [2.75, 3.05) is 0 Å². The highest BCUT2D eigenvalue weighted by Crippen LogP contribution is 2.28. The van der Waals surface area contributed by atoms with Gasteiger partial charge in [-0.05, 0) is 24.4 Å². The lowest BCUT2D eigenvalue weighted by Gasteiger charge is -2.09. The summed E-state index contributed by atoms with van der Waals surface area (Å²) in [6.07, 6.45) is 0. The summed E-state index contributed by atoms with van der Waals surface area (Å²) in [5, 5.41) is 3.06. The SMILES string of the molecule is Cc1ccc2nc(C(=O)c3ccccc3)c3ccccc3c2c1. The molecule has 0 saturated carbocycles. The van der Waals surface area contributed by atoms with Crippen molar-refractivity contribution in [1.82, 2.24) is 4.98 Å². The molecule has 0 saturated heterocycles. The van der Waals surface area contributed by atoms with E-state index >= 15 is 0 Å². The van der Waals surface area contributed by atoms with Crippen LogP contribution in [0, 0.1) is 6.92 Å². The molecule has 0 fully saturated rings. The van der Waals surface area contributed by atoms with Gasteiger partial charge in [0.1, 0.15) is 5.69 Å². The summed E-state index contributed by atoms with van der Waals surface area (Å²) in [5.41, 5.74) is 3.22. The summed E-state index contributed by atoms with van der Waals surface area (Å²) in [7, 11) is 0. The molecular weight excluding hydrogens is 282 g/mol. The van der Waals surface area contributed by atoms with E-state index in [1.807, 2.05) is 60.7 Å². The van der Waals surface area contributed by atoms with Crippen LogP contribution in [-0.4, -0.2) is 10.8 Å². The van der Waals surface area contributed by atoms with Gasteiger partial charge in [0.15, 0.2) is 0 Å². The van der Waals surface area contributed by atoms with Gasteiger partial charge in [-0.3, -0.25) is 4.79 Å². The van der Waals surface area contributed by atoms with Crippen LogP contribution >= 0.6 is 0 Å². The minimum absolute atomic E-state index is 0.0377. The van der Waals surface area contributed by atoms with E-state index in [9.17, 15) is 4.79 Å². The van der Waals surface area contributed by atoms with Crippen LogP contribution in [0.4, 0.5) is 0 Å². The Labute approximate surface area is 134 Å². The Balaban J connectivity index is 2.06. The van der Waals surface area contributed by atoms with Gasteiger partial charge in [-0.15, -0.1) is 0 Å². The molecule has 0 amide bonds. The van der Waals surface area contributed by atoms with Crippen molar-refractivity contribution in [1.29, 1.82) is 0 Å². The van der Waals surface area contributed by atoms with Crippen LogP contribution in [0.1, 0.15) is 21.6 Å². The molecule has 0 atom stereocenters. The van der Waals surface area contributed by atoms with Gasteiger partial charge in [0.05, 0.1) is 5.52 Å². The van der Waals surface area contributed by atoms with Gasteiger partial charge in [-0.25, -0.2) is 4.98 Å². The fourth-order valence-electron chi connectivity index (χ4n) is 2.97. The van der Waals surface area contributed by atoms with Crippen LogP contribution in [0.15, 0.2) is 72.8 Å². The monoisotopic (exact) mass is 297 g/mol. The van der Waals surface area contributed by atoms with Gasteiger partial charge < -0.3 is 0 Å². The molecule has 110 valence electrons. The first kappa shape index (κ1) is 13.6. The number of hydrogen-bond donors (Lipinski definition) is 0. The van der Waals surface area contributed by atoms with Crippen molar-refractivity contribution in [3.63, 3.8) is 0 Å². The van der Waals surface area contributed by atoms with E-state index in [0.29, 0.717) is 11.3 Å². The average molecular weight is 297 g/mol. The number of benzene rings is 3. The lowest BCUT2D eigenvalue weighted by Crippen LogP contribution is -2.05. The Morgan fingerprint density at radius 2 is 1.48 bits per heavy atom. The zero-order chi connectivity index (χ0) is 15.8. The third-order valence-corrected chi connectivity index (χ3v) is 4.11. The lowest BCUT2D eigenvalue weighted by molar-refractivity contribution is 0.103. The number of fused-ring (bicyclic) bond motifs is 3. The van der Waals surface area contributed by atoms with Gasteiger partial charge in [0, 0.05) is 16.3 Å². The summed E-state index contributed by atoms with van der Waals surface area (Å²) in [4.78, 5) is 17.6. The number of ketones is 1. The van der Waals surface area contributed by atoms with Crippen molar-refractivity contribution in [2.24, 2.45) is 0 Å². The highest BCUT2D eigenvalue weighted by Gasteiger charge is 2.16. The van der Waals surface area contributed by atoms with E-state index in [2.05, 4.69) is 24.0 Å². The maximum atomic E-state index is 12.9. The molecule has 2 heteroatoms. The molecule has 2 nitrogen and oxygen atoms in total. The van der Waals surface area contributed by atoms with Crippen LogP contribution in [0.2, 0.25) is 0 Å². The minimum Gasteiger partial charge on any atom is -0.287 e. The zero-order valence-corrected chi connectivity index (χ0v) is 12.8. The van der Waals surface area contributed by atoms with Crippen LogP contribution in [-0.2, 0) is 0 Å². The molecule has 0 aliphatic rings. The molecule has 4 rings (SSSR count). The van der Waals surface area contributed by atoms with Crippen LogP contribution in [0.25, 0.3) is 21.7 Å². The average Bonchev–Trinajstić information content (AvgIpc) is 2.61. The second-order valence-corrected chi connectivity index (χ2v) is 5.72. The second-order valence-electron chi connectivity index (χ2n) is 5.72. The molecule has 0 aliphatic carbocycles. The molecule has 0 unspecified atom stereocenters. The van der Waals surface area contributed by atoms with Crippen molar-refractivity contribution in [3.05, 3.63) is 89.6 Å². The van der Waals surface area contributed by atoms with Gasteiger partial charge >= 0.3 is 0 Å². The van der Waals surface area contributed by atoms with Crippen molar-refractivity contribution < 1.29 is 4.79 Å². The number of pyridine rings is 1. The number of carbonyl (C=O) groups is 1. The molecule has 4 aromatic rings. The summed E-state index contributed by atoms with van der Waals surface area (Å²) in [6, 6.07) is 23.4. The second kappa shape index (κ2) is 5.33. The molecule has 3 aromatic carbocycles. The Morgan fingerprint density at radius 1 is 0.783 bits per heavy atom. The zero-order valence-electron chi connectivity index (χ0n) is 12.8. The number of nitrogens with zero attached hydrogens (tertiary/aromatic N) is 1. The Bertz CT molecular complexity index is 1040. The predicted molar refractivity (Wildman–Crippen MR) is 93.9 cm³/mol. The summed E-state index contributed by atoms with van der Waals surface area (Å²) >= 11 is 0. The molecule has 0 N–H and O–H groups in total. The van der Waals surface area contributed by atoms with E-state index in [-0.39, 0.29) is 5.78 Å². The first-order valence-electron chi connectivity index (χ1n) is 7.63. The normalized spacial score (nSPS) is 11.0. The first-order valence-corrected chi connectivity index (χ1v) is 7.63. The van der Waals surface area contributed by atoms with Gasteiger partial charge in [0.25, 0.3) is 0 Å². The summed E-state index contributed by atoms with van der Waals surface area (Å²) < 4.78 is 0. The van der Waals surface area contributed by atoms with Crippen molar-refractivity contribution >= 4 is 27.5 Å². The minimum atomic E-state index is -0.0377. The molecule has 1 aromatic heterocycles. The Hall–Kier alpha value is -3.00. The topological polar surface area (TPSA) is 30.0 Å². The highest BCUT2D eigenvalue weighted by molar-refractivity contribution is 6.19. The number of aromatic nitrogens is 1. The third-order valence-electron chi connectivity index (χ3n) is 4.11. The maximum Gasteiger partial charge on any atom is 0.212 e. The highest BCUT2D eigenvalue weighted by atomic mass is 16.1. The molecule has 0 bridgehead atoms. The fraction of sp³-hybridized carbons (Fsp3) is 0.0476. The number of hydrogen-bond acceptors (Lipinski definition) is 2. The molecule has 23 heavy (non-hydrogen) atoms. The molecule has 0 spiro atoms. The summed E-state index contributed by atoms with van der Waals surface area (Å²) in [6.45, 7) is 2.07. The molecule has 0 aliphatic heterocycles. The molecular formula is C21H15NO. The van der Waals surface area contributed by atoms with E-state index in [4.69, 9.17) is 0 Å². The van der Waals surface area contributed by atoms with Gasteiger partial charge in [0.2, 0.25) is 5.78 Å². The first-order chi connectivity index (χ1) is 11.2. The predicted octanol–water partition coefficient (Wildman–Crippen LogP) is 4.93. The Kier molecular flexibility index (Phi) is 3.16. The number of carbonyl (C=O) groups excluding carboxylic acids is 1. The standard InChI is InChI=1S/C21H15NO/c1-14-11-12-19-18(13-14)16-9-5-6-10-17(16)20(22-19)21(23)15-7-3-2-4-8-15/h2-13H,1H3.